The van der Waals surface area contributed by atoms with Crippen molar-refractivity contribution < 1.29 is 0 Å². The molecule has 6 heterocycles. The van der Waals surface area contributed by atoms with Crippen LogP contribution < -0.4 is 0 Å². The van der Waals surface area contributed by atoms with Gasteiger partial charge in [0.1, 0.15) is 5.82 Å². The van der Waals surface area contributed by atoms with Crippen molar-refractivity contribution >= 4 is 65.4 Å². The van der Waals surface area contributed by atoms with Gasteiger partial charge in [-0.2, -0.15) is 0 Å². The number of hydrogen-bond acceptors (Lipinski definition) is 6. The van der Waals surface area contributed by atoms with Crippen molar-refractivity contribution in [3.05, 3.63) is 430 Å². The zero-order valence-corrected chi connectivity index (χ0v) is 65.5. The van der Waals surface area contributed by atoms with Crippen molar-refractivity contribution in [1.29, 1.82) is 0 Å². The molecule has 15 aromatic carbocycles. The summed E-state index contributed by atoms with van der Waals surface area (Å²) in [5.41, 5.74) is 25.9. The fraction of sp³-hybridized carbons (Fsp3) is 0.0727. The predicted molar refractivity (Wildman–Crippen MR) is 490 cm³/mol. The maximum atomic E-state index is 5.13. The molecule has 9 heteroatoms. The van der Waals surface area contributed by atoms with Crippen LogP contribution in [0.1, 0.15) is 48.9 Å². The largest absolute Gasteiger partial charge is 0.309 e. The lowest BCUT2D eigenvalue weighted by atomic mass is 9.58. The Morgan fingerprint density at radius 2 is 0.454 bits per heavy atom. The number of pyridine rings is 1. The topological polar surface area (TPSA) is 92.1 Å². The van der Waals surface area contributed by atoms with E-state index in [9.17, 15) is 0 Å². The molecule has 0 spiro atoms. The molecule has 3 fully saturated rings. The van der Waals surface area contributed by atoms with E-state index in [0.717, 1.165) is 108 Å². The molecule has 4 unspecified atom stereocenters. The summed E-state index contributed by atoms with van der Waals surface area (Å²) in [5, 5.41) is 7.68. The average Bonchev–Trinajstić information content (AvgIpc) is 1.65. The van der Waals surface area contributed by atoms with E-state index in [-0.39, 0.29) is 0 Å². The smallest absolute Gasteiger partial charge is 0.163 e. The summed E-state index contributed by atoms with van der Waals surface area (Å²) in [6.07, 6.45) is 4.86. The minimum atomic E-state index is 0.366. The molecule has 6 aromatic heterocycles. The van der Waals surface area contributed by atoms with Crippen LogP contribution >= 0.6 is 0 Å². The van der Waals surface area contributed by atoms with Crippen LogP contribution in [0.25, 0.3) is 173 Å². The second-order valence-corrected chi connectivity index (χ2v) is 31.2. The van der Waals surface area contributed by atoms with Gasteiger partial charge in [0.15, 0.2) is 17.5 Å². The van der Waals surface area contributed by atoms with E-state index in [0.29, 0.717) is 23.7 Å². The van der Waals surface area contributed by atoms with E-state index in [2.05, 4.69) is 372 Å². The minimum absolute atomic E-state index is 0.366. The van der Waals surface area contributed by atoms with Crippen LogP contribution in [0.15, 0.2) is 419 Å². The highest BCUT2D eigenvalue weighted by Crippen LogP contribution is 2.56. The van der Waals surface area contributed by atoms with Gasteiger partial charge in [0.25, 0.3) is 0 Å². The Hall–Kier alpha value is -15.1. The summed E-state index contributed by atoms with van der Waals surface area (Å²) in [4.78, 5) is 30.1. The maximum Gasteiger partial charge on any atom is 0.163 e. The Morgan fingerprint density at radius 1 is 0.193 bits per heavy atom. The second kappa shape index (κ2) is 31.6. The first-order valence-corrected chi connectivity index (χ1v) is 41.3. The monoisotopic (exact) mass is 1530 g/mol. The molecular weight excluding hydrogens is 1450 g/mol. The second-order valence-electron chi connectivity index (χ2n) is 31.2. The van der Waals surface area contributed by atoms with Crippen molar-refractivity contribution in [3.63, 3.8) is 0 Å². The van der Waals surface area contributed by atoms with E-state index in [1.807, 2.05) is 60.7 Å². The SMILES string of the molecule is c1ccc(-c2cc(-c3ccc(-n4c5ccccc5c5ccccc54)cc3)cc(-c3ccccc3)n2)cc1.c1ccc(-c2cc(-c3ccc(-n4c5ccccc5c5ccccc54)cc3)nc(-c3ccccc3)n2)cc1.c1ccc(-c2nc(-c3ccccc3)nc(C3CC4CCC3CC4c3ccc(-n4c5ccccc5c5ccccc54)cc3)n2)cc1. The molecule has 3 saturated carbocycles. The van der Waals surface area contributed by atoms with Gasteiger partial charge in [0.2, 0.25) is 0 Å². The molecule has 566 valence electrons. The van der Waals surface area contributed by atoms with Gasteiger partial charge in [-0.25, -0.2) is 29.9 Å². The third-order valence-electron chi connectivity index (χ3n) is 24.2. The Balaban J connectivity index is 0.000000112. The summed E-state index contributed by atoms with van der Waals surface area (Å²) >= 11 is 0. The lowest BCUT2D eigenvalue weighted by molar-refractivity contribution is 0.113. The molecule has 3 aliphatic rings. The molecule has 0 amide bonds. The number of fused-ring (bicyclic) bond motifs is 12. The van der Waals surface area contributed by atoms with Gasteiger partial charge in [0.05, 0.1) is 55.9 Å². The molecule has 119 heavy (non-hydrogen) atoms. The molecule has 2 bridgehead atoms. The van der Waals surface area contributed by atoms with Crippen molar-refractivity contribution in [2.24, 2.45) is 11.8 Å². The number of aromatic nitrogens is 9. The highest BCUT2D eigenvalue weighted by atomic mass is 15.0. The highest BCUT2D eigenvalue weighted by Gasteiger charge is 2.44. The van der Waals surface area contributed by atoms with Crippen LogP contribution in [0.5, 0.6) is 0 Å². The van der Waals surface area contributed by atoms with Gasteiger partial charge >= 0.3 is 0 Å². The summed E-state index contributed by atoms with van der Waals surface area (Å²) in [6.45, 7) is 0. The number of benzene rings is 15. The Kier molecular flexibility index (Phi) is 19.1. The minimum Gasteiger partial charge on any atom is -0.309 e. The van der Waals surface area contributed by atoms with Gasteiger partial charge in [-0.05, 0) is 151 Å². The van der Waals surface area contributed by atoms with Crippen molar-refractivity contribution in [3.8, 4) is 107 Å². The van der Waals surface area contributed by atoms with Crippen molar-refractivity contribution in [2.45, 2.75) is 37.5 Å². The highest BCUT2D eigenvalue weighted by molar-refractivity contribution is 6.11. The lowest BCUT2D eigenvalue weighted by Gasteiger charge is -2.47. The predicted octanol–water partition coefficient (Wildman–Crippen LogP) is 27.7. The molecule has 0 radical (unpaired) electrons. The van der Waals surface area contributed by atoms with Crippen LogP contribution in [0.4, 0.5) is 0 Å². The number of rotatable bonds is 13. The first-order chi connectivity index (χ1) is 59.0. The normalized spacial score (nSPS) is 14.9. The zero-order valence-electron chi connectivity index (χ0n) is 65.5. The van der Waals surface area contributed by atoms with E-state index >= 15 is 0 Å². The van der Waals surface area contributed by atoms with E-state index < -0.39 is 0 Å². The van der Waals surface area contributed by atoms with Crippen LogP contribution in [0.2, 0.25) is 0 Å². The van der Waals surface area contributed by atoms with E-state index in [1.54, 1.807) is 0 Å². The molecule has 0 saturated heterocycles. The van der Waals surface area contributed by atoms with Crippen LogP contribution in [0.3, 0.4) is 0 Å². The first-order valence-electron chi connectivity index (χ1n) is 41.3. The van der Waals surface area contributed by atoms with Crippen LogP contribution in [-0.4, -0.2) is 43.6 Å². The van der Waals surface area contributed by atoms with E-state index in [1.165, 1.54) is 101 Å². The molecule has 3 aliphatic carbocycles. The van der Waals surface area contributed by atoms with Crippen molar-refractivity contribution in [2.75, 3.05) is 0 Å². The lowest BCUT2D eigenvalue weighted by Crippen LogP contribution is -2.36. The van der Waals surface area contributed by atoms with Gasteiger partial charge in [-0.15, -0.1) is 0 Å². The zero-order chi connectivity index (χ0) is 79.0. The quantitative estimate of drug-likeness (QED) is 0.114. The number of hydrogen-bond donors (Lipinski definition) is 0. The molecule has 4 atom stereocenters. The molecule has 24 rings (SSSR count). The average molecular weight is 1530 g/mol. The Bertz CT molecular complexity index is 6600. The summed E-state index contributed by atoms with van der Waals surface area (Å²) in [5.74, 6) is 5.40. The summed E-state index contributed by atoms with van der Waals surface area (Å²) in [6, 6.07) is 147. The van der Waals surface area contributed by atoms with Gasteiger partial charge in [-0.1, -0.05) is 328 Å². The van der Waals surface area contributed by atoms with Crippen LogP contribution in [-0.2, 0) is 0 Å². The van der Waals surface area contributed by atoms with Gasteiger partial charge in [0, 0.05) is 94.2 Å². The summed E-state index contributed by atoms with van der Waals surface area (Å²) in [7, 11) is 0. The molecule has 0 aliphatic heterocycles. The van der Waals surface area contributed by atoms with Gasteiger partial charge in [-0.3, -0.25) is 0 Å². The van der Waals surface area contributed by atoms with Gasteiger partial charge < -0.3 is 13.7 Å². The maximum absolute atomic E-state index is 5.13. The molecule has 0 N–H and O–H groups in total. The molecular formula is C110H81N9. The van der Waals surface area contributed by atoms with E-state index in [4.69, 9.17) is 29.9 Å². The summed E-state index contributed by atoms with van der Waals surface area (Å²) < 4.78 is 7.10. The number of nitrogens with zero attached hydrogens (tertiary/aromatic N) is 9. The fourth-order valence-electron chi connectivity index (χ4n) is 18.5. The Labute approximate surface area is 691 Å². The van der Waals surface area contributed by atoms with Crippen molar-refractivity contribution in [1.82, 2.24) is 43.6 Å². The third kappa shape index (κ3) is 14.0. The standard InChI is InChI=1S/C41H34N4.C35H24N2.C34H23N3/c1-3-11-28(12-4-1)39-42-40(29-13-5-2-6-14-29)44-41(43-39)36-26-30-19-20-31(36)25-35(30)27-21-23-32(24-22-27)45-37-17-9-7-15-33(37)34-16-8-10-18-38(34)45;1-3-11-26(12-4-1)32-23-28(24-33(36-32)27-13-5-2-6-14-27)25-19-21-29(22-20-25)37-34-17-9-7-15-30(34)31-16-8-10-18-35(31)37;1-3-11-24(12-4-1)30-23-31(36-34(35-30)26-13-5-2-6-14-26)25-19-21-27(22-20-25)37-32-17-9-7-15-28(32)29-16-8-10-18-33(29)37/h1-18,21-24,30-31,35-36H,19-20,25-26H2;1-24H;1-23H. The number of para-hydroxylation sites is 6. The molecule has 21 aromatic rings. The molecule has 9 nitrogen and oxygen atoms in total. The third-order valence-corrected chi connectivity index (χ3v) is 24.2. The first kappa shape index (κ1) is 71.7. The van der Waals surface area contributed by atoms with Crippen LogP contribution in [0, 0.1) is 11.8 Å². The Morgan fingerprint density at radius 3 is 0.782 bits per heavy atom. The fourth-order valence-corrected chi connectivity index (χ4v) is 18.5.